The molecule has 1 aromatic carbocycles. The van der Waals surface area contributed by atoms with Gasteiger partial charge in [0.15, 0.2) is 5.96 Å². The van der Waals surface area contributed by atoms with Gasteiger partial charge in [-0.15, -0.1) is 0 Å². The lowest BCUT2D eigenvalue weighted by Crippen LogP contribution is -2.45. The van der Waals surface area contributed by atoms with Crippen LogP contribution in [-0.4, -0.2) is 47.5 Å². The second kappa shape index (κ2) is 10.7. The summed E-state index contributed by atoms with van der Waals surface area (Å²) in [4.78, 5) is 17.4. The summed E-state index contributed by atoms with van der Waals surface area (Å²) in [6.07, 6.45) is 0. The summed E-state index contributed by atoms with van der Waals surface area (Å²) in [5, 5.41) is 17.4. The molecule has 1 rings (SSSR count). The molecule has 0 amide bonds. The molecule has 0 heterocycles. The Bertz CT molecular complexity index is 564. The SMILES string of the molecule is CCNC(=NCc1cccc([N+](=O)[O-])c1)NCCN(C(C)C)C(C)C. The van der Waals surface area contributed by atoms with Crippen LogP contribution in [-0.2, 0) is 6.54 Å². The van der Waals surface area contributed by atoms with Gasteiger partial charge in [0.25, 0.3) is 5.69 Å². The number of nitro groups is 1. The van der Waals surface area contributed by atoms with Crippen molar-refractivity contribution in [2.24, 2.45) is 4.99 Å². The number of aliphatic imine (C=N–C) groups is 1. The van der Waals surface area contributed by atoms with Crippen LogP contribution in [0.2, 0.25) is 0 Å². The van der Waals surface area contributed by atoms with Gasteiger partial charge in [0, 0.05) is 43.9 Å². The van der Waals surface area contributed by atoms with Gasteiger partial charge in [0.2, 0.25) is 0 Å². The van der Waals surface area contributed by atoms with Crippen LogP contribution in [0.25, 0.3) is 0 Å². The van der Waals surface area contributed by atoms with Crippen molar-refractivity contribution in [2.75, 3.05) is 19.6 Å². The summed E-state index contributed by atoms with van der Waals surface area (Å²) in [5.74, 6) is 0.724. The van der Waals surface area contributed by atoms with Crippen LogP contribution >= 0.6 is 0 Å². The molecule has 0 saturated carbocycles. The van der Waals surface area contributed by atoms with Crippen molar-refractivity contribution in [3.8, 4) is 0 Å². The Balaban J connectivity index is 2.65. The first-order chi connectivity index (χ1) is 11.8. The minimum Gasteiger partial charge on any atom is -0.357 e. The van der Waals surface area contributed by atoms with Gasteiger partial charge < -0.3 is 10.6 Å². The number of nitrogens with zero attached hydrogens (tertiary/aromatic N) is 3. The van der Waals surface area contributed by atoms with E-state index < -0.39 is 0 Å². The predicted molar refractivity (Wildman–Crippen MR) is 103 cm³/mol. The first kappa shape index (κ1) is 20.9. The van der Waals surface area contributed by atoms with Gasteiger partial charge >= 0.3 is 0 Å². The van der Waals surface area contributed by atoms with Gasteiger partial charge in [-0.1, -0.05) is 12.1 Å². The largest absolute Gasteiger partial charge is 0.357 e. The number of hydrogen-bond donors (Lipinski definition) is 2. The van der Waals surface area contributed by atoms with Crippen LogP contribution in [0.4, 0.5) is 5.69 Å². The molecule has 7 heteroatoms. The number of rotatable bonds is 9. The molecule has 0 radical (unpaired) electrons. The molecular weight excluding hydrogens is 318 g/mol. The third-order valence-electron chi connectivity index (χ3n) is 3.87. The molecule has 0 aliphatic carbocycles. The second-order valence-corrected chi connectivity index (χ2v) is 6.47. The standard InChI is InChI=1S/C18H31N5O2/c1-6-19-18(20-10-11-22(14(2)3)15(4)5)21-13-16-8-7-9-17(12-16)23(24)25/h7-9,12,14-15H,6,10-11,13H2,1-5H3,(H2,19,20,21). The predicted octanol–water partition coefficient (Wildman–Crippen LogP) is 2.77. The normalized spacial score (nSPS) is 12.1. The number of hydrogen-bond acceptors (Lipinski definition) is 4. The highest BCUT2D eigenvalue weighted by Crippen LogP contribution is 2.13. The smallest absolute Gasteiger partial charge is 0.269 e. The van der Waals surface area contributed by atoms with Crippen molar-refractivity contribution in [3.05, 3.63) is 39.9 Å². The first-order valence-corrected chi connectivity index (χ1v) is 8.86. The third-order valence-corrected chi connectivity index (χ3v) is 3.87. The second-order valence-electron chi connectivity index (χ2n) is 6.47. The Labute approximate surface area is 150 Å². The van der Waals surface area contributed by atoms with E-state index in [1.807, 2.05) is 13.0 Å². The van der Waals surface area contributed by atoms with E-state index in [9.17, 15) is 10.1 Å². The fourth-order valence-corrected chi connectivity index (χ4v) is 2.70. The fourth-order valence-electron chi connectivity index (χ4n) is 2.70. The lowest BCUT2D eigenvalue weighted by Gasteiger charge is -2.30. The Morgan fingerprint density at radius 3 is 2.48 bits per heavy atom. The average molecular weight is 349 g/mol. The molecular formula is C18H31N5O2. The molecule has 0 aliphatic rings. The highest BCUT2D eigenvalue weighted by Gasteiger charge is 2.12. The van der Waals surface area contributed by atoms with Crippen LogP contribution in [0.1, 0.15) is 40.2 Å². The maximum absolute atomic E-state index is 10.8. The maximum atomic E-state index is 10.8. The summed E-state index contributed by atoms with van der Waals surface area (Å²) in [6.45, 7) is 13.7. The Kier molecular flexibility index (Phi) is 8.91. The molecule has 0 unspecified atom stereocenters. The Hall–Kier alpha value is -2.15. The van der Waals surface area contributed by atoms with E-state index in [-0.39, 0.29) is 10.6 Å². The molecule has 0 aliphatic heterocycles. The average Bonchev–Trinajstić information content (AvgIpc) is 2.55. The van der Waals surface area contributed by atoms with Crippen LogP contribution in [0.15, 0.2) is 29.3 Å². The number of nitro benzene ring substituents is 1. The Morgan fingerprint density at radius 1 is 1.24 bits per heavy atom. The zero-order valence-electron chi connectivity index (χ0n) is 16.0. The van der Waals surface area contributed by atoms with E-state index in [1.54, 1.807) is 12.1 Å². The summed E-state index contributed by atoms with van der Waals surface area (Å²) in [5.41, 5.74) is 0.910. The minimum atomic E-state index is -0.386. The highest BCUT2D eigenvalue weighted by atomic mass is 16.6. The molecule has 0 fully saturated rings. The monoisotopic (exact) mass is 349 g/mol. The van der Waals surface area contributed by atoms with Crippen molar-refractivity contribution in [3.63, 3.8) is 0 Å². The molecule has 0 atom stereocenters. The van der Waals surface area contributed by atoms with E-state index in [4.69, 9.17) is 0 Å². The molecule has 0 bridgehead atoms. The molecule has 25 heavy (non-hydrogen) atoms. The quantitative estimate of drug-likeness (QED) is 0.310. The third kappa shape index (κ3) is 7.51. The summed E-state index contributed by atoms with van der Waals surface area (Å²) in [6, 6.07) is 7.57. The highest BCUT2D eigenvalue weighted by molar-refractivity contribution is 5.79. The molecule has 7 nitrogen and oxygen atoms in total. The van der Waals surface area contributed by atoms with Crippen LogP contribution < -0.4 is 10.6 Å². The van der Waals surface area contributed by atoms with Crippen molar-refractivity contribution in [2.45, 2.75) is 53.2 Å². The van der Waals surface area contributed by atoms with Crippen LogP contribution in [0.3, 0.4) is 0 Å². The van der Waals surface area contributed by atoms with Crippen molar-refractivity contribution < 1.29 is 4.92 Å². The van der Waals surface area contributed by atoms with E-state index >= 15 is 0 Å². The lowest BCUT2D eigenvalue weighted by molar-refractivity contribution is -0.384. The fraction of sp³-hybridized carbons (Fsp3) is 0.611. The van der Waals surface area contributed by atoms with Crippen molar-refractivity contribution in [1.82, 2.24) is 15.5 Å². The summed E-state index contributed by atoms with van der Waals surface area (Å²) < 4.78 is 0. The van der Waals surface area contributed by atoms with E-state index in [0.717, 1.165) is 31.2 Å². The maximum Gasteiger partial charge on any atom is 0.269 e. The first-order valence-electron chi connectivity index (χ1n) is 8.86. The zero-order valence-corrected chi connectivity index (χ0v) is 16.0. The molecule has 2 N–H and O–H groups in total. The zero-order chi connectivity index (χ0) is 18.8. The number of guanidine groups is 1. The number of nitrogens with one attached hydrogen (secondary N) is 2. The van der Waals surface area contributed by atoms with Crippen LogP contribution in [0, 0.1) is 10.1 Å². The summed E-state index contributed by atoms with van der Waals surface area (Å²) >= 11 is 0. The number of benzene rings is 1. The molecule has 140 valence electrons. The Morgan fingerprint density at radius 2 is 1.92 bits per heavy atom. The number of non-ortho nitro benzene ring substituents is 1. The molecule has 0 spiro atoms. The van der Waals surface area contributed by atoms with Gasteiger partial charge in [0.05, 0.1) is 11.5 Å². The lowest BCUT2D eigenvalue weighted by atomic mass is 10.2. The van der Waals surface area contributed by atoms with Crippen molar-refractivity contribution in [1.29, 1.82) is 0 Å². The van der Waals surface area contributed by atoms with E-state index in [2.05, 4.69) is 48.2 Å². The molecule has 0 aromatic heterocycles. The van der Waals surface area contributed by atoms with Gasteiger partial charge in [-0.3, -0.25) is 15.0 Å². The molecule has 0 saturated heterocycles. The van der Waals surface area contributed by atoms with E-state index in [0.29, 0.717) is 18.6 Å². The van der Waals surface area contributed by atoms with Gasteiger partial charge in [-0.25, -0.2) is 4.99 Å². The minimum absolute atomic E-state index is 0.0927. The van der Waals surface area contributed by atoms with Gasteiger partial charge in [0.1, 0.15) is 0 Å². The van der Waals surface area contributed by atoms with Crippen molar-refractivity contribution >= 4 is 11.6 Å². The molecule has 1 aromatic rings. The van der Waals surface area contributed by atoms with Gasteiger partial charge in [-0.2, -0.15) is 0 Å². The van der Waals surface area contributed by atoms with Crippen LogP contribution in [0.5, 0.6) is 0 Å². The topological polar surface area (TPSA) is 82.8 Å². The van der Waals surface area contributed by atoms with E-state index in [1.165, 1.54) is 6.07 Å². The summed E-state index contributed by atoms with van der Waals surface area (Å²) in [7, 11) is 0. The van der Waals surface area contributed by atoms with Gasteiger partial charge in [-0.05, 0) is 40.2 Å².